The number of anilines is 3. The molecule has 0 spiro atoms. The number of fused-ring (bicyclic) bond motifs is 1. The number of benzene rings is 2. The van der Waals surface area contributed by atoms with Crippen molar-refractivity contribution in [2.75, 3.05) is 55.5 Å². The van der Waals surface area contributed by atoms with E-state index in [-0.39, 0.29) is 61.8 Å². The van der Waals surface area contributed by atoms with Crippen LogP contribution in [0.15, 0.2) is 48.6 Å². The fourth-order valence-corrected chi connectivity index (χ4v) is 7.98. The van der Waals surface area contributed by atoms with E-state index in [1.165, 1.54) is 6.07 Å². The van der Waals surface area contributed by atoms with E-state index in [0.29, 0.717) is 58.4 Å². The maximum absolute atomic E-state index is 13.8. The van der Waals surface area contributed by atoms with Crippen LogP contribution in [-0.4, -0.2) is 102 Å². The van der Waals surface area contributed by atoms with Crippen molar-refractivity contribution >= 4 is 46.1 Å². The third kappa shape index (κ3) is 9.33. The van der Waals surface area contributed by atoms with E-state index in [0.717, 1.165) is 38.0 Å². The predicted octanol–water partition coefficient (Wildman–Crippen LogP) is 3.04. The zero-order valence-corrected chi connectivity index (χ0v) is 35.1. The lowest BCUT2D eigenvalue weighted by Crippen LogP contribution is -2.46. The van der Waals surface area contributed by atoms with Crippen LogP contribution in [0.2, 0.25) is 0 Å². The molecule has 19 heteroatoms. The Morgan fingerprint density at radius 1 is 0.852 bits per heavy atom. The molecule has 1 saturated heterocycles. The Balaban J connectivity index is 1.33. The van der Waals surface area contributed by atoms with Crippen molar-refractivity contribution in [1.29, 1.82) is 0 Å². The predicted molar refractivity (Wildman–Crippen MR) is 231 cm³/mol. The number of piperidine rings is 1. The maximum atomic E-state index is 13.8. The summed E-state index contributed by atoms with van der Waals surface area (Å²) in [6.07, 6.45) is 5.79. The van der Waals surface area contributed by atoms with Gasteiger partial charge in [0.15, 0.2) is 0 Å². The second-order valence-corrected chi connectivity index (χ2v) is 15.3. The number of imidazole rings is 1. The molecule has 324 valence electrons. The minimum Gasteiger partial charge on any atom is -0.490 e. The molecule has 7 rings (SSSR count). The van der Waals surface area contributed by atoms with Crippen LogP contribution in [0, 0.1) is 13.8 Å². The Morgan fingerprint density at radius 3 is 2.20 bits per heavy atom. The van der Waals surface area contributed by atoms with Gasteiger partial charge in [0.2, 0.25) is 17.8 Å². The van der Waals surface area contributed by atoms with E-state index in [1.54, 1.807) is 33.6 Å². The highest BCUT2D eigenvalue weighted by molar-refractivity contribution is 6.04. The van der Waals surface area contributed by atoms with Crippen molar-refractivity contribution in [2.24, 2.45) is 11.5 Å². The first-order valence-electron chi connectivity index (χ1n) is 20.6. The number of rotatable bonds is 11. The fraction of sp³-hybridized carbons (Fsp3) is 0.429. The fourth-order valence-electron chi connectivity index (χ4n) is 7.98. The molecule has 3 amide bonds. The van der Waals surface area contributed by atoms with Gasteiger partial charge in [-0.25, -0.2) is 4.98 Å². The molecule has 2 atom stereocenters. The van der Waals surface area contributed by atoms with Gasteiger partial charge in [0, 0.05) is 37.3 Å². The number of amides is 3. The molecule has 1 fully saturated rings. The lowest BCUT2D eigenvalue weighted by atomic mass is 10.1. The summed E-state index contributed by atoms with van der Waals surface area (Å²) in [5, 5.41) is 26.5. The molecule has 5 heterocycles. The number of nitrogens with zero attached hydrogens (tertiary/aromatic N) is 8. The standard InChI is InChI=1S/C42H55N13O6/c1-5-54-32(16-25(3)49-54)40(58)46-24-52-14-10-11-15-53-37-31(47-42(53)48-41(59)33-17-26(4)50-55(33)6-2)19-28(39(45)57)21-35(37)61-23-29(51-12-8-7-9-13-51)22-60-34-20-27(38(44)56)18-30(43)36(34)52/h10-11,16-21,29,40,46,58H,5-9,12-15,22-24,43H2,1-4H3,(H2,44,56)(H2,45,57)(H,47,48,59)/b11-10+. The summed E-state index contributed by atoms with van der Waals surface area (Å²) in [5.74, 6) is -0.851. The van der Waals surface area contributed by atoms with Crippen molar-refractivity contribution in [3.63, 3.8) is 0 Å². The van der Waals surface area contributed by atoms with Crippen molar-refractivity contribution in [2.45, 2.75) is 78.9 Å². The number of carbonyl (C=O) groups is 3. The minimum atomic E-state index is -1.09. The zero-order chi connectivity index (χ0) is 43.4. The van der Waals surface area contributed by atoms with Crippen molar-refractivity contribution in [3.05, 3.63) is 82.5 Å². The molecule has 0 aliphatic carbocycles. The van der Waals surface area contributed by atoms with Gasteiger partial charge in [-0.1, -0.05) is 18.6 Å². The second kappa shape index (κ2) is 18.4. The van der Waals surface area contributed by atoms with E-state index in [4.69, 9.17) is 31.7 Å². The molecule has 0 bridgehead atoms. The average molecular weight is 838 g/mol. The van der Waals surface area contributed by atoms with Crippen LogP contribution < -0.4 is 42.2 Å². The second-order valence-electron chi connectivity index (χ2n) is 15.3. The minimum absolute atomic E-state index is 0.0917. The number of nitrogens with two attached hydrogens (primary N) is 3. The monoisotopic (exact) mass is 837 g/mol. The van der Waals surface area contributed by atoms with Crippen LogP contribution in [0.25, 0.3) is 11.0 Å². The van der Waals surface area contributed by atoms with Gasteiger partial charge >= 0.3 is 0 Å². The lowest BCUT2D eigenvalue weighted by molar-refractivity contribution is 0.0768. The van der Waals surface area contributed by atoms with Crippen LogP contribution in [0.5, 0.6) is 11.5 Å². The van der Waals surface area contributed by atoms with Crippen LogP contribution in [0.4, 0.5) is 17.3 Å². The number of aromatic nitrogens is 6. The summed E-state index contributed by atoms with van der Waals surface area (Å²) in [6, 6.07) is 9.51. The summed E-state index contributed by atoms with van der Waals surface area (Å²) >= 11 is 0. The van der Waals surface area contributed by atoms with E-state index < -0.39 is 23.9 Å². The summed E-state index contributed by atoms with van der Waals surface area (Å²) < 4.78 is 18.5. The molecular weight excluding hydrogens is 783 g/mol. The van der Waals surface area contributed by atoms with E-state index in [2.05, 4.69) is 25.7 Å². The summed E-state index contributed by atoms with van der Waals surface area (Å²) in [4.78, 5) is 48.1. The highest BCUT2D eigenvalue weighted by Crippen LogP contribution is 2.37. The number of carbonyl (C=O) groups excluding carboxylic acids is 3. The Hall–Kier alpha value is -6.44. The van der Waals surface area contributed by atoms with Gasteiger partial charge in [-0.3, -0.25) is 39.3 Å². The molecule has 2 unspecified atom stereocenters. The number of nitrogen functional groups attached to an aromatic ring is 1. The van der Waals surface area contributed by atoms with Crippen LogP contribution in [-0.2, 0) is 19.6 Å². The van der Waals surface area contributed by atoms with Crippen molar-refractivity contribution in [3.8, 4) is 11.5 Å². The molecule has 19 nitrogen and oxygen atoms in total. The Labute approximate surface area is 353 Å². The number of aliphatic hydroxyl groups is 1. The number of primary amides is 2. The highest BCUT2D eigenvalue weighted by Gasteiger charge is 2.28. The third-order valence-corrected chi connectivity index (χ3v) is 11.0. The van der Waals surface area contributed by atoms with Gasteiger partial charge in [0.05, 0.1) is 41.0 Å². The van der Waals surface area contributed by atoms with Crippen LogP contribution >= 0.6 is 0 Å². The summed E-state index contributed by atoms with van der Waals surface area (Å²) in [6.45, 7) is 11.0. The third-order valence-electron chi connectivity index (χ3n) is 11.0. The highest BCUT2D eigenvalue weighted by atomic mass is 16.5. The van der Waals surface area contributed by atoms with Gasteiger partial charge in [-0.05, 0) is 90.0 Å². The first kappa shape index (κ1) is 42.7. The molecule has 61 heavy (non-hydrogen) atoms. The maximum Gasteiger partial charge on any atom is 0.276 e. The Bertz CT molecular complexity index is 2450. The largest absolute Gasteiger partial charge is 0.490 e. The van der Waals surface area contributed by atoms with Gasteiger partial charge in [-0.2, -0.15) is 10.2 Å². The number of ether oxygens (including phenoxy) is 2. The zero-order valence-electron chi connectivity index (χ0n) is 35.1. The molecule has 9 N–H and O–H groups in total. The van der Waals surface area contributed by atoms with Gasteiger partial charge in [0.25, 0.3) is 5.91 Å². The topological polar surface area (TPSA) is 252 Å². The molecule has 5 aromatic rings. The number of nitrogens with one attached hydrogen (secondary N) is 2. The first-order chi connectivity index (χ1) is 29.3. The molecule has 0 radical (unpaired) electrons. The van der Waals surface area contributed by atoms with Crippen LogP contribution in [0.3, 0.4) is 0 Å². The van der Waals surface area contributed by atoms with E-state index in [9.17, 15) is 19.5 Å². The molecule has 0 saturated carbocycles. The number of hydrogen-bond donors (Lipinski definition) is 6. The number of aliphatic hydroxyl groups excluding tert-OH is 1. The number of hydrogen-bond acceptors (Lipinski definition) is 13. The van der Waals surface area contributed by atoms with Crippen LogP contribution in [0.1, 0.15) is 87.6 Å². The number of allylic oxidation sites excluding steroid dienone is 1. The number of aryl methyl sites for hydroxylation is 4. The normalized spacial score (nSPS) is 17.4. The van der Waals surface area contributed by atoms with E-state index >= 15 is 0 Å². The SMILES string of the molecule is CCn1nc(C)cc1C(=O)Nc1nc2cc(C(N)=O)cc3c2n1C/C=C/CN(CNC(O)c1cc(C)nn1CC)c1c(N)cc(C(N)=O)cc1OCC(N1CCCCC1)CO3. The van der Waals surface area contributed by atoms with Gasteiger partial charge < -0.3 is 41.2 Å². The molecule has 2 aliphatic rings. The lowest BCUT2D eigenvalue weighted by Gasteiger charge is -2.35. The Morgan fingerprint density at radius 2 is 1.49 bits per heavy atom. The smallest absolute Gasteiger partial charge is 0.276 e. The summed E-state index contributed by atoms with van der Waals surface area (Å²) in [7, 11) is 0. The van der Waals surface area contributed by atoms with Gasteiger partial charge in [-0.15, -0.1) is 0 Å². The van der Waals surface area contributed by atoms with Crippen molar-refractivity contribution in [1.82, 2.24) is 39.3 Å². The number of likely N-dealkylation sites (tertiary alicyclic amines) is 1. The van der Waals surface area contributed by atoms with E-state index in [1.807, 2.05) is 55.4 Å². The van der Waals surface area contributed by atoms with Crippen molar-refractivity contribution < 1.29 is 29.0 Å². The average Bonchev–Trinajstić information content (AvgIpc) is 3.93. The Kier molecular flexibility index (Phi) is 12.9. The quantitative estimate of drug-likeness (QED) is 0.0637. The molecule has 3 aromatic heterocycles. The molecule has 2 aromatic carbocycles. The molecular formula is C42H55N13O6. The molecule has 2 aliphatic heterocycles. The van der Waals surface area contributed by atoms with Gasteiger partial charge in [0.1, 0.15) is 47.8 Å². The summed E-state index contributed by atoms with van der Waals surface area (Å²) in [5.41, 5.74) is 22.8. The first-order valence-corrected chi connectivity index (χ1v) is 20.6.